The van der Waals surface area contributed by atoms with Crippen molar-refractivity contribution in [3.63, 3.8) is 0 Å². The molecule has 0 aromatic carbocycles. The third-order valence-corrected chi connectivity index (χ3v) is 3.90. The maximum atomic E-state index is 5.95. The van der Waals surface area contributed by atoms with Crippen LogP contribution in [0.5, 0.6) is 0 Å². The fourth-order valence-corrected chi connectivity index (χ4v) is 3.12. The zero-order chi connectivity index (χ0) is 13.1. The first kappa shape index (κ1) is 13.8. The summed E-state index contributed by atoms with van der Waals surface area (Å²) in [5.74, 6) is 0.714. The minimum atomic E-state index is 0.533. The fraction of sp³-hybridized carbons (Fsp3) is 0.667. The van der Waals surface area contributed by atoms with Crippen molar-refractivity contribution < 1.29 is 0 Å². The zero-order valence-corrected chi connectivity index (χ0v) is 12.4. The molecule has 2 rings (SSSR count). The molecule has 0 aliphatic carbocycles. The molecule has 1 aromatic rings. The molecule has 1 aliphatic rings. The van der Waals surface area contributed by atoms with E-state index >= 15 is 0 Å². The van der Waals surface area contributed by atoms with Crippen LogP contribution >= 0.6 is 11.6 Å². The van der Waals surface area contributed by atoms with Gasteiger partial charge in [0.25, 0.3) is 0 Å². The Hall–Kier alpha value is -0.600. The van der Waals surface area contributed by atoms with Crippen molar-refractivity contribution >= 4 is 11.6 Å². The molecule has 0 radical (unpaired) electrons. The second-order valence-electron chi connectivity index (χ2n) is 5.76. The number of hydrogen-bond donors (Lipinski definition) is 0. The van der Waals surface area contributed by atoms with E-state index in [-0.39, 0.29) is 0 Å². The van der Waals surface area contributed by atoms with E-state index in [1.54, 1.807) is 0 Å². The molecule has 0 amide bonds. The molecule has 3 heteroatoms. The predicted molar refractivity (Wildman–Crippen MR) is 77.0 cm³/mol. The van der Waals surface area contributed by atoms with Gasteiger partial charge in [0.05, 0.1) is 0 Å². The molecule has 2 heterocycles. The summed E-state index contributed by atoms with van der Waals surface area (Å²) in [4.78, 5) is 6.88. The van der Waals surface area contributed by atoms with E-state index in [9.17, 15) is 0 Å². The summed E-state index contributed by atoms with van der Waals surface area (Å²) < 4.78 is 0. The van der Waals surface area contributed by atoms with Crippen molar-refractivity contribution in [3.05, 3.63) is 28.5 Å². The lowest BCUT2D eigenvalue weighted by molar-refractivity contribution is 0.131. The van der Waals surface area contributed by atoms with Gasteiger partial charge in [0.1, 0.15) is 5.15 Å². The molecule has 100 valence electrons. The van der Waals surface area contributed by atoms with Crippen molar-refractivity contribution in [2.24, 2.45) is 5.92 Å². The van der Waals surface area contributed by atoms with Crippen LogP contribution in [0, 0.1) is 12.8 Å². The minimum absolute atomic E-state index is 0.533. The number of rotatable bonds is 3. The van der Waals surface area contributed by atoms with Gasteiger partial charge in [-0.25, -0.2) is 4.98 Å². The third kappa shape index (κ3) is 3.24. The molecule has 0 unspecified atom stereocenters. The molecule has 1 fully saturated rings. The second-order valence-corrected chi connectivity index (χ2v) is 6.15. The van der Waals surface area contributed by atoms with E-state index in [1.165, 1.54) is 43.5 Å². The summed E-state index contributed by atoms with van der Waals surface area (Å²) in [5, 5.41) is 0.600. The Morgan fingerprint density at radius 2 is 2.22 bits per heavy atom. The number of likely N-dealkylation sites (tertiary alicyclic amines) is 1. The Balaban J connectivity index is 2.22. The molecular formula is C15H23ClN2. The first-order chi connectivity index (χ1) is 8.58. The van der Waals surface area contributed by atoms with E-state index in [4.69, 9.17) is 11.6 Å². The first-order valence-electron chi connectivity index (χ1n) is 6.94. The van der Waals surface area contributed by atoms with Crippen LogP contribution in [0.3, 0.4) is 0 Å². The molecule has 0 saturated carbocycles. The van der Waals surface area contributed by atoms with Crippen LogP contribution in [0.15, 0.2) is 12.3 Å². The van der Waals surface area contributed by atoms with Crippen LogP contribution in [0.4, 0.5) is 0 Å². The lowest BCUT2D eigenvalue weighted by Gasteiger charge is -2.37. The van der Waals surface area contributed by atoms with E-state index < -0.39 is 0 Å². The smallest absolute Gasteiger partial charge is 0.129 e. The van der Waals surface area contributed by atoms with Gasteiger partial charge in [0.15, 0.2) is 0 Å². The molecule has 18 heavy (non-hydrogen) atoms. The highest BCUT2D eigenvalue weighted by Crippen LogP contribution is 2.33. The first-order valence-corrected chi connectivity index (χ1v) is 7.32. The number of nitrogens with zero attached hydrogens (tertiary/aromatic N) is 2. The highest BCUT2D eigenvalue weighted by atomic mass is 35.5. The topological polar surface area (TPSA) is 16.1 Å². The summed E-state index contributed by atoms with van der Waals surface area (Å²) in [6.07, 6.45) is 5.86. The molecule has 1 aromatic heterocycles. The van der Waals surface area contributed by atoms with Gasteiger partial charge in [-0.15, -0.1) is 0 Å². The lowest BCUT2D eigenvalue weighted by Crippen LogP contribution is -2.36. The molecule has 0 bridgehead atoms. The fourth-order valence-electron chi connectivity index (χ4n) is 2.91. The number of aromatic nitrogens is 1. The molecule has 1 saturated heterocycles. The maximum absolute atomic E-state index is 5.95. The second kappa shape index (κ2) is 6.03. The molecule has 0 spiro atoms. The van der Waals surface area contributed by atoms with Gasteiger partial charge in [-0.05, 0) is 49.4 Å². The van der Waals surface area contributed by atoms with E-state index in [2.05, 4.69) is 30.7 Å². The highest BCUT2D eigenvalue weighted by molar-refractivity contribution is 6.29. The number of piperidine rings is 1. The van der Waals surface area contributed by atoms with Crippen LogP contribution in [0.25, 0.3) is 0 Å². The largest absolute Gasteiger partial charge is 0.296 e. The number of pyridine rings is 1. The van der Waals surface area contributed by atoms with Crippen molar-refractivity contribution in [3.8, 4) is 0 Å². The Morgan fingerprint density at radius 3 is 2.89 bits per heavy atom. The number of aryl methyl sites for hydroxylation is 1. The van der Waals surface area contributed by atoms with Crippen molar-refractivity contribution in [2.45, 2.75) is 46.1 Å². The summed E-state index contributed by atoms with van der Waals surface area (Å²) >= 11 is 5.95. The van der Waals surface area contributed by atoms with Gasteiger partial charge < -0.3 is 0 Å². The van der Waals surface area contributed by atoms with Crippen LogP contribution < -0.4 is 0 Å². The Kier molecular flexibility index (Phi) is 4.63. The maximum Gasteiger partial charge on any atom is 0.129 e. The van der Waals surface area contributed by atoms with Crippen LogP contribution in [-0.4, -0.2) is 23.0 Å². The minimum Gasteiger partial charge on any atom is -0.296 e. The normalized spacial score (nSPS) is 21.5. The third-order valence-electron chi connectivity index (χ3n) is 3.69. The van der Waals surface area contributed by atoms with Gasteiger partial charge in [-0.1, -0.05) is 31.9 Å². The SMILES string of the molecule is Cc1cc(Cl)ncc1[C@H]1CCCCN1CC(C)C. The lowest BCUT2D eigenvalue weighted by atomic mass is 9.93. The van der Waals surface area contributed by atoms with Gasteiger partial charge >= 0.3 is 0 Å². The van der Waals surface area contributed by atoms with Crippen LogP contribution in [-0.2, 0) is 0 Å². The van der Waals surface area contributed by atoms with E-state index in [1.807, 2.05) is 12.3 Å². The average molecular weight is 267 g/mol. The molecular weight excluding hydrogens is 244 g/mol. The van der Waals surface area contributed by atoms with Crippen LogP contribution in [0.1, 0.15) is 50.3 Å². The molecule has 2 nitrogen and oxygen atoms in total. The monoisotopic (exact) mass is 266 g/mol. The number of hydrogen-bond acceptors (Lipinski definition) is 2. The summed E-state index contributed by atoms with van der Waals surface area (Å²) in [6.45, 7) is 9.11. The molecule has 1 atom stereocenters. The highest BCUT2D eigenvalue weighted by Gasteiger charge is 2.25. The summed E-state index contributed by atoms with van der Waals surface area (Å²) in [5.41, 5.74) is 2.63. The quantitative estimate of drug-likeness (QED) is 0.762. The Morgan fingerprint density at radius 1 is 1.44 bits per heavy atom. The summed E-state index contributed by atoms with van der Waals surface area (Å²) in [6, 6.07) is 2.52. The van der Waals surface area contributed by atoms with Crippen molar-refractivity contribution in [1.82, 2.24) is 9.88 Å². The zero-order valence-electron chi connectivity index (χ0n) is 11.6. The van der Waals surface area contributed by atoms with Crippen molar-refractivity contribution in [2.75, 3.05) is 13.1 Å². The van der Waals surface area contributed by atoms with Gasteiger partial charge in [-0.2, -0.15) is 0 Å². The van der Waals surface area contributed by atoms with E-state index in [0.717, 1.165) is 0 Å². The van der Waals surface area contributed by atoms with E-state index in [0.29, 0.717) is 17.1 Å². The number of halogens is 1. The summed E-state index contributed by atoms with van der Waals surface area (Å²) in [7, 11) is 0. The van der Waals surface area contributed by atoms with Gasteiger partial charge in [0, 0.05) is 18.8 Å². The Labute approximate surface area is 115 Å². The van der Waals surface area contributed by atoms with Crippen LogP contribution in [0.2, 0.25) is 5.15 Å². The van der Waals surface area contributed by atoms with Crippen molar-refractivity contribution in [1.29, 1.82) is 0 Å². The van der Waals surface area contributed by atoms with Gasteiger partial charge in [0.2, 0.25) is 0 Å². The predicted octanol–water partition coefficient (Wildman–Crippen LogP) is 4.23. The molecule has 1 aliphatic heterocycles. The van der Waals surface area contributed by atoms with Gasteiger partial charge in [-0.3, -0.25) is 4.90 Å². The Bertz CT molecular complexity index is 403. The standard InChI is InChI=1S/C15H23ClN2/c1-11(2)10-18-7-5-4-6-14(18)13-9-17-15(16)8-12(13)3/h8-9,11,14H,4-7,10H2,1-3H3/t14-/m1/s1. The average Bonchev–Trinajstić information content (AvgIpc) is 2.30. The molecule has 0 N–H and O–H groups in total.